The predicted molar refractivity (Wildman–Crippen MR) is 111 cm³/mol. The lowest BCUT2D eigenvalue weighted by atomic mass is 10.1. The SMILES string of the molecule is CCCCc1ccc(S(=O)(=O)Nc2ccc(Cl)c(OCCN(C)C)c2)cc1. The lowest BCUT2D eigenvalue weighted by Gasteiger charge is -2.14. The van der Waals surface area contributed by atoms with Crippen molar-refractivity contribution in [3.63, 3.8) is 0 Å². The maximum atomic E-state index is 12.6. The molecule has 27 heavy (non-hydrogen) atoms. The van der Waals surface area contributed by atoms with Crippen LogP contribution in [0.4, 0.5) is 5.69 Å². The van der Waals surface area contributed by atoms with Crippen LogP contribution in [0.1, 0.15) is 25.3 Å². The second-order valence-corrected chi connectivity index (χ2v) is 8.74. The van der Waals surface area contributed by atoms with Crippen molar-refractivity contribution in [1.29, 1.82) is 0 Å². The van der Waals surface area contributed by atoms with Gasteiger partial charge in [-0.2, -0.15) is 0 Å². The van der Waals surface area contributed by atoms with Gasteiger partial charge in [-0.1, -0.05) is 37.1 Å². The Kier molecular flexibility index (Phi) is 7.95. The number of likely N-dealkylation sites (N-methyl/N-ethyl adjacent to an activating group) is 1. The zero-order valence-corrected chi connectivity index (χ0v) is 17.6. The van der Waals surface area contributed by atoms with E-state index in [0.29, 0.717) is 23.1 Å². The molecule has 2 aromatic rings. The number of nitrogens with zero attached hydrogens (tertiary/aromatic N) is 1. The maximum absolute atomic E-state index is 12.6. The Labute approximate surface area is 167 Å². The first-order valence-electron chi connectivity index (χ1n) is 9.00. The Morgan fingerprint density at radius 3 is 2.44 bits per heavy atom. The van der Waals surface area contributed by atoms with Crippen molar-refractivity contribution in [3.8, 4) is 5.75 Å². The molecule has 0 fully saturated rings. The van der Waals surface area contributed by atoms with Crippen LogP contribution in [0, 0.1) is 0 Å². The van der Waals surface area contributed by atoms with Crippen LogP contribution < -0.4 is 9.46 Å². The maximum Gasteiger partial charge on any atom is 0.261 e. The molecule has 0 bridgehead atoms. The summed E-state index contributed by atoms with van der Waals surface area (Å²) in [6, 6.07) is 11.8. The van der Waals surface area contributed by atoms with Gasteiger partial charge in [0.1, 0.15) is 12.4 Å². The van der Waals surface area contributed by atoms with Gasteiger partial charge in [0.05, 0.1) is 15.6 Å². The third-order valence-electron chi connectivity index (χ3n) is 4.03. The number of ether oxygens (including phenoxy) is 1. The normalized spacial score (nSPS) is 11.6. The number of unbranched alkanes of at least 4 members (excludes halogenated alkanes) is 1. The summed E-state index contributed by atoms with van der Waals surface area (Å²) in [5.74, 6) is 0.452. The Balaban J connectivity index is 2.10. The Morgan fingerprint density at radius 2 is 1.81 bits per heavy atom. The summed E-state index contributed by atoms with van der Waals surface area (Å²) in [6.45, 7) is 3.33. The van der Waals surface area contributed by atoms with Crippen LogP contribution in [-0.2, 0) is 16.4 Å². The molecule has 1 N–H and O–H groups in total. The van der Waals surface area contributed by atoms with E-state index in [0.717, 1.165) is 31.4 Å². The van der Waals surface area contributed by atoms with E-state index in [-0.39, 0.29) is 4.90 Å². The highest BCUT2D eigenvalue weighted by Gasteiger charge is 2.15. The van der Waals surface area contributed by atoms with Crippen LogP contribution in [0.25, 0.3) is 0 Å². The van der Waals surface area contributed by atoms with E-state index in [4.69, 9.17) is 16.3 Å². The van der Waals surface area contributed by atoms with E-state index in [1.54, 1.807) is 30.3 Å². The van der Waals surface area contributed by atoms with Crippen molar-refractivity contribution in [2.75, 3.05) is 32.0 Å². The minimum atomic E-state index is -3.67. The lowest BCUT2D eigenvalue weighted by Crippen LogP contribution is -2.19. The van der Waals surface area contributed by atoms with Crippen LogP contribution in [0.15, 0.2) is 47.4 Å². The van der Waals surface area contributed by atoms with Crippen LogP contribution in [0.2, 0.25) is 5.02 Å². The van der Waals surface area contributed by atoms with Gasteiger partial charge in [-0.05, 0) is 56.8 Å². The molecule has 0 radical (unpaired) electrons. The number of anilines is 1. The molecule has 148 valence electrons. The molecule has 0 heterocycles. The number of rotatable bonds is 10. The van der Waals surface area contributed by atoms with E-state index >= 15 is 0 Å². The molecule has 0 atom stereocenters. The molecule has 0 aliphatic heterocycles. The molecular weight excluding hydrogens is 384 g/mol. The van der Waals surface area contributed by atoms with Gasteiger partial charge in [-0.3, -0.25) is 4.72 Å². The Morgan fingerprint density at radius 1 is 1.11 bits per heavy atom. The highest BCUT2D eigenvalue weighted by atomic mass is 35.5. The quantitative estimate of drug-likeness (QED) is 0.629. The van der Waals surface area contributed by atoms with E-state index < -0.39 is 10.0 Å². The molecule has 0 aromatic heterocycles. The summed E-state index contributed by atoms with van der Waals surface area (Å²) in [7, 11) is 0.224. The van der Waals surface area contributed by atoms with Gasteiger partial charge < -0.3 is 9.64 Å². The molecule has 2 aromatic carbocycles. The molecule has 0 amide bonds. The molecule has 5 nitrogen and oxygen atoms in total. The summed E-state index contributed by atoms with van der Waals surface area (Å²) in [5.41, 5.74) is 1.55. The van der Waals surface area contributed by atoms with Crippen molar-refractivity contribution >= 4 is 27.3 Å². The number of nitrogens with one attached hydrogen (secondary N) is 1. The summed E-state index contributed by atoms with van der Waals surface area (Å²) in [6.07, 6.45) is 3.15. The van der Waals surface area contributed by atoms with Gasteiger partial charge >= 0.3 is 0 Å². The number of aryl methyl sites for hydroxylation is 1. The van der Waals surface area contributed by atoms with Crippen molar-refractivity contribution in [2.45, 2.75) is 31.1 Å². The van der Waals surface area contributed by atoms with Gasteiger partial charge in [0.15, 0.2) is 0 Å². The minimum Gasteiger partial charge on any atom is -0.491 e. The number of sulfonamides is 1. The average molecular weight is 411 g/mol. The van der Waals surface area contributed by atoms with Gasteiger partial charge in [-0.25, -0.2) is 8.42 Å². The van der Waals surface area contributed by atoms with E-state index in [1.807, 2.05) is 31.1 Å². The fourth-order valence-corrected chi connectivity index (χ4v) is 3.67. The second kappa shape index (κ2) is 9.97. The first-order chi connectivity index (χ1) is 12.8. The molecule has 0 saturated carbocycles. The van der Waals surface area contributed by atoms with Crippen molar-refractivity contribution in [1.82, 2.24) is 4.90 Å². The van der Waals surface area contributed by atoms with Crippen LogP contribution >= 0.6 is 11.6 Å². The van der Waals surface area contributed by atoms with Crippen LogP contribution in [-0.4, -0.2) is 40.6 Å². The van der Waals surface area contributed by atoms with Gasteiger partial charge in [0.25, 0.3) is 10.0 Å². The standard InChI is InChI=1S/C20H27ClN2O3S/c1-4-5-6-16-7-10-18(11-8-16)27(24,25)22-17-9-12-19(21)20(15-17)26-14-13-23(2)3/h7-12,15,22H,4-6,13-14H2,1-3H3. The lowest BCUT2D eigenvalue weighted by molar-refractivity contribution is 0.261. The first-order valence-corrected chi connectivity index (χ1v) is 10.9. The number of hydrogen-bond donors (Lipinski definition) is 1. The largest absolute Gasteiger partial charge is 0.491 e. The zero-order valence-electron chi connectivity index (χ0n) is 16.0. The number of halogens is 1. The molecule has 0 saturated heterocycles. The van der Waals surface area contributed by atoms with Crippen molar-refractivity contribution < 1.29 is 13.2 Å². The third kappa shape index (κ3) is 6.72. The molecule has 0 spiro atoms. The molecule has 2 rings (SSSR count). The molecule has 0 aliphatic rings. The fourth-order valence-electron chi connectivity index (χ4n) is 2.45. The summed E-state index contributed by atoms with van der Waals surface area (Å²) in [4.78, 5) is 2.22. The third-order valence-corrected chi connectivity index (χ3v) is 5.74. The van der Waals surface area contributed by atoms with Gasteiger partial charge in [0, 0.05) is 12.6 Å². The second-order valence-electron chi connectivity index (χ2n) is 6.65. The topological polar surface area (TPSA) is 58.6 Å². The predicted octanol–water partition coefficient (Wildman–Crippen LogP) is 4.42. The molecule has 0 unspecified atom stereocenters. The minimum absolute atomic E-state index is 0.229. The molecule has 7 heteroatoms. The van der Waals surface area contributed by atoms with E-state index in [9.17, 15) is 8.42 Å². The smallest absolute Gasteiger partial charge is 0.261 e. The average Bonchev–Trinajstić information content (AvgIpc) is 2.62. The summed E-state index contributed by atoms with van der Waals surface area (Å²) >= 11 is 6.14. The van der Waals surface area contributed by atoms with Crippen molar-refractivity contribution in [2.24, 2.45) is 0 Å². The van der Waals surface area contributed by atoms with Gasteiger partial charge in [-0.15, -0.1) is 0 Å². The zero-order chi connectivity index (χ0) is 19.9. The number of hydrogen-bond acceptors (Lipinski definition) is 4. The summed E-state index contributed by atoms with van der Waals surface area (Å²) < 4.78 is 33.5. The monoisotopic (exact) mass is 410 g/mol. The highest BCUT2D eigenvalue weighted by molar-refractivity contribution is 7.92. The first kappa shape index (κ1) is 21.5. The Bertz CT molecular complexity index is 837. The molecular formula is C20H27ClN2O3S. The van der Waals surface area contributed by atoms with E-state index in [2.05, 4.69) is 11.6 Å². The molecule has 0 aliphatic carbocycles. The summed E-state index contributed by atoms with van der Waals surface area (Å²) in [5, 5.41) is 0.442. The van der Waals surface area contributed by atoms with Crippen molar-refractivity contribution in [3.05, 3.63) is 53.1 Å². The van der Waals surface area contributed by atoms with Crippen LogP contribution in [0.5, 0.6) is 5.75 Å². The number of benzene rings is 2. The van der Waals surface area contributed by atoms with Gasteiger partial charge in [0.2, 0.25) is 0 Å². The van der Waals surface area contributed by atoms with Crippen LogP contribution in [0.3, 0.4) is 0 Å². The Hall–Kier alpha value is -1.76. The van der Waals surface area contributed by atoms with E-state index in [1.165, 1.54) is 0 Å². The highest BCUT2D eigenvalue weighted by Crippen LogP contribution is 2.29. The fraction of sp³-hybridized carbons (Fsp3) is 0.400.